The van der Waals surface area contributed by atoms with E-state index in [2.05, 4.69) is 105 Å². The van der Waals surface area contributed by atoms with Gasteiger partial charge in [0.05, 0.1) is 5.76 Å². The molecule has 0 aliphatic rings. The van der Waals surface area contributed by atoms with Gasteiger partial charge < -0.3 is 9.84 Å². The smallest absolute Gasteiger partial charge is 0.113 e. The van der Waals surface area contributed by atoms with Gasteiger partial charge in [0.15, 0.2) is 0 Å². The van der Waals surface area contributed by atoms with Gasteiger partial charge in [-0.05, 0) is 81.8 Å². The van der Waals surface area contributed by atoms with Crippen LogP contribution in [-0.4, -0.2) is 35.2 Å². The molecule has 37 heavy (non-hydrogen) atoms. The van der Waals surface area contributed by atoms with Gasteiger partial charge in [-0.2, -0.15) is 0 Å². The van der Waals surface area contributed by atoms with Crippen LogP contribution in [0.2, 0.25) is 0 Å². The van der Waals surface area contributed by atoms with Crippen LogP contribution < -0.4 is 0 Å². The average molecular weight is 500 g/mol. The maximum atomic E-state index is 9.23. The van der Waals surface area contributed by atoms with E-state index in [-0.39, 0.29) is 6.61 Å². The Morgan fingerprint density at radius 3 is 1.97 bits per heavy atom. The summed E-state index contributed by atoms with van der Waals surface area (Å²) in [7, 11) is 0. The van der Waals surface area contributed by atoms with E-state index in [9.17, 15) is 5.11 Å². The number of nitrogens with zero attached hydrogens (tertiary/aromatic N) is 1. The Hall–Kier alpha value is -2.88. The van der Waals surface area contributed by atoms with E-state index in [1.54, 1.807) is 0 Å². The molecule has 3 aromatic rings. The number of ether oxygens (including phenoxy) is 1. The standard InChI is InChI=1S/C34H45NO2/c1-27(2)35(28(3)4)23-22-34(31-15-9-6-10-16-31)32-20-18-29(19-21-32)25-33(17-11-12-24-36)37-26-30-13-7-5-8-14-30/h5-10,13-16,18-21,25,27-28,34,36H,11-12,17,22-24,26H2,1-4H3. The first-order chi connectivity index (χ1) is 18.0. The summed E-state index contributed by atoms with van der Waals surface area (Å²) in [4.78, 5) is 2.58. The van der Waals surface area contributed by atoms with E-state index >= 15 is 0 Å². The van der Waals surface area contributed by atoms with Crippen molar-refractivity contribution in [2.24, 2.45) is 0 Å². The summed E-state index contributed by atoms with van der Waals surface area (Å²) >= 11 is 0. The highest BCUT2D eigenvalue weighted by Crippen LogP contribution is 2.30. The van der Waals surface area contributed by atoms with Crippen molar-refractivity contribution in [3.8, 4) is 0 Å². The fraction of sp³-hybridized carbons (Fsp3) is 0.412. The zero-order valence-electron chi connectivity index (χ0n) is 23.1. The molecule has 0 saturated carbocycles. The summed E-state index contributed by atoms with van der Waals surface area (Å²) in [5.74, 6) is 1.33. The van der Waals surface area contributed by atoms with Crippen LogP contribution in [0.15, 0.2) is 90.7 Å². The Balaban J connectivity index is 1.78. The summed E-state index contributed by atoms with van der Waals surface area (Å²) < 4.78 is 6.21. The molecule has 198 valence electrons. The molecule has 0 aromatic heterocycles. The van der Waals surface area contributed by atoms with Crippen LogP contribution in [-0.2, 0) is 11.3 Å². The van der Waals surface area contributed by atoms with Crippen molar-refractivity contribution < 1.29 is 9.84 Å². The summed E-state index contributed by atoms with van der Waals surface area (Å²) in [5.41, 5.74) is 5.03. The zero-order chi connectivity index (χ0) is 26.5. The molecular formula is C34H45NO2. The van der Waals surface area contributed by atoms with Crippen LogP contribution in [0, 0.1) is 0 Å². The van der Waals surface area contributed by atoms with Crippen LogP contribution in [0.25, 0.3) is 6.08 Å². The number of hydrogen-bond donors (Lipinski definition) is 1. The number of rotatable bonds is 15. The summed E-state index contributed by atoms with van der Waals surface area (Å²) in [5, 5.41) is 9.23. The van der Waals surface area contributed by atoms with Gasteiger partial charge in [0.1, 0.15) is 6.61 Å². The van der Waals surface area contributed by atoms with Crippen LogP contribution in [0.4, 0.5) is 0 Å². The van der Waals surface area contributed by atoms with Crippen LogP contribution >= 0.6 is 0 Å². The van der Waals surface area contributed by atoms with E-state index in [1.165, 1.54) is 11.1 Å². The van der Waals surface area contributed by atoms with Gasteiger partial charge in [-0.1, -0.05) is 84.9 Å². The van der Waals surface area contributed by atoms with Crippen molar-refractivity contribution in [2.75, 3.05) is 13.2 Å². The van der Waals surface area contributed by atoms with Gasteiger partial charge in [0.25, 0.3) is 0 Å². The first-order valence-corrected chi connectivity index (χ1v) is 13.9. The second-order valence-electron chi connectivity index (χ2n) is 10.4. The molecule has 0 bridgehead atoms. The van der Waals surface area contributed by atoms with Crippen molar-refractivity contribution in [1.29, 1.82) is 0 Å². The number of hydrogen-bond acceptors (Lipinski definition) is 3. The molecule has 0 amide bonds. The quantitative estimate of drug-likeness (QED) is 0.170. The molecule has 3 rings (SSSR count). The number of aliphatic hydroxyl groups is 1. The first-order valence-electron chi connectivity index (χ1n) is 13.9. The lowest BCUT2D eigenvalue weighted by molar-refractivity contribution is 0.170. The number of aliphatic hydroxyl groups excluding tert-OH is 1. The highest BCUT2D eigenvalue weighted by Gasteiger charge is 2.19. The minimum atomic E-state index is 0.215. The first kappa shape index (κ1) is 28.7. The SMILES string of the molecule is CC(C)N(CCC(c1ccccc1)c1ccc(C=C(CCCCO)OCc2ccccc2)cc1)C(C)C. The van der Waals surface area contributed by atoms with Crippen molar-refractivity contribution in [3.63, 3.8) is 0 Å². The molecule has 1 unspecified atom stereocenters. The Morgan fingerprint density at radius 2 is 1.38 bits per heavy atom. The van der Waals surface area contributed by atoms with Gasteiger partial charge in [-0.25, -0.2) is 0 Å². The van der Waals surface area contributed by atoms with Crippen LogP contribution in [0.3, 0.4) is 0 Å². The third-order valence-electron chi connectivity index (χ3n) is 6.97. The Morgan fingerprint density at radius 1 is 0.784 bits per heavy atom. The highest BCUT2D eigenvalue weighted by molar-refractivity contribution is 5.52. The van der Waals surface area contributed by atoms with Gasteiger partial charge in [0.2, 0.25) is 0 Å². The fourth-order valence-electron chi connectivity index (χ4n) is 4.96. The molecule has 0 spiro atoms. The lowest BCUT2D eigenvalue weighted by Crippen LogP contribution is -2.38. The second-order valence-corrected chi connectivity index (χ2v) is 10.4. The molecule has 0 aliphatic carbocycles. The fourth-order valence-corrected chi connectivity index (χ4v) is 4.96. The van der Waals surface area contributed by atoms with Crippen LogP contribution in [0.5, 0.6) is 0 Å². The predicted molar refractivity (Wildman–Crippen MR) is 156 cm³/mol. The lowest BCUT2D eigenvalue weighted by Gasteiger charge is -2.32. The minimum absolute atomic E-state index is 0.215. The van der Waals surface area contributed by atoms with Gasteiger partial charge >= 0.3 is 0 Å². The largest absolute Gasteiger partial charge is 0.493 e. The number of benzene rings is 3. The molecule has 0 aliphatic heterocycles. The van der Waals surface area contributed by atoms with Gasteiger partial charge in [0, 0.05) is 31.0 Å². The molecule has 3 heteroatoms. The summed E-state index contributed by atoms with van der Waals surface area (Å²) in [6, 6.07) is 31.2. The van der Waals surface area contributed by atoms with Crippen molar-refractivity contribution in [3.05, 3.63) is 113 Å². The maximum absolute atomic E-state index is 9.23. The highest BCUT2D eigenvalue weighted by atomic mass is 16.5. The average Bonchev–Trinajstić information content (AvgIpc) is 2.91. The minimum Gasteiger partial charge on any atom is -0.493 e. The van der Waals surface area contributed by atoms with Crippen molar-refractivity contribution in [1.82, 2.24) is 4.90 Å². The molecule has 0 saturated heterocycles. The third-order valence-corrected chi connectivity index (χ3v) is 6.97. The molecule has 1 atom stereocenters. The molecule has 0 radical (unpaired) electrons. The topological polar surface area (TPSA) is 32.7 Å². The van der Waals surface area contributed by atoms with E-state index in [0.29, 0.717) is 24.6 Å². The normalized spacial score (nSPS) is 12.9. The van der Waals surface area contributed by atoms with E-state index < -0.39 is 0 Å². The molecular weight excluding hydrogens is 454 g/mol. The third kappa shape index (κ3) is 9.50. The van der Waals surface area contributed by atoms with E-state index in [0.717, 1.165) is 49.1 Å². The van der Waals surface area contributed by atoms with Crippen LogP contribution in [0.1, 0.15) is 81.5 Å². The van der Waals surface area contributed by atoms with E-state index in [1.807, 2.05) is 18.2 Å². The molecule has 0 fully saturated rings. The Kier molecular flexibility index (Phi) is 11.9. The molecule has 1 N–H and O–H groups in total. The molecule has 3 aromatic carbocycles. The number of allylic oxidation sites excluding steroid dienone is 1. The van der Waals surface area contributed by atoms with Crippen molar-refractivity contribution in [2.45, 2.75) is 78.0 Å². The Labute approximate surface area is 224 Å². The maximum Gasteiger partial charge on any atom is 0.113 e. The molecule has 0 heterocycles. The monoisotopic (exact) mass is 499 g/mol. The van der Waals surface area contributed by atoms with Crippen molar-refractivity contribution >= 4 is 6.08 Å². The van der Waals surface area contributed by atoms with Gasteiger partial charge in [-0.15, -0.1) is 0 Å². The Bertz CT molecular complexity index is 1030. The lowest BCUT2D eigenvalue weighted by atomic mass is 9.87. The zero-order valence-corrected chi connectivity index (χ0v) is 23.1. The van der Waals surface area contributed by atoms with Gasteiger partial charge in [-0.3, -0.25) is 4.90 Å². The van der Waals surface area contributed by atoms with E-state index in [4.69, 9.17) is 4.74 Å². The number of unbranched alkanes of at least 4 members (excludes halogenated alkanes) is 1. The molecule has 3 nitrogen and oxygen atoms in total. The predicted octanol–water partition coefficient (Wildman–Crippen LogP) is 8.05. The summed E-state index contributed by atoms with van der Waals surface area (Å²) in [6.07, 6.45) is 5.76. The summed E-state index contributed by atoms with van der Waals surface area (Å²) in [6.45, 7) is 11.0. The second kappa shape index (κ2) is 15.4.